The van der Waals surface area contributed by atoms with E-state index in [-0.39, 0.29) is 11.7 Å². The molecule has 0 N–H and O–H groups in total. The molecule has 1 aromatic carbocycles. The zero-order valence-corrected chi connectivity index (χ0v) is 12.3. The Balaban J connectivity index is 1.67. The van der Waals surface area contributed by atoms with Crippen molar-refractivity contribution in [3.8, 4) is 5.75 Å². The van der Waals surface area contributed by atoms with Crippen LogP contribution in [0.4, 0.5) is 0 Å². The van der Waals surface area contributed by atoms with Gasteiger partial charge in [-0.3, -0.25) is 0 Å². The first-order valence-electron chi connectivity index (χ1n) is 6.86. The van der Waals surface area contributed by atoms with Gasteiger partial charge in [-0.05, 0) is 37.0 Å². The van der Waals surface area contributed by atoms with Crippen LogP contribution in [-0.4, -0.2) is 18.3 Å². The third kappa shape index (κ3) is 2.86. The molecule has 0 aromatic heterocycles. The van der Waals surface area contributed by atoms with Crippen LogP contribution in [0.25, 0.3) is 0 Å². The van der Waals surface area contributed by atoms with Gasteiger partial charge in [0.05, 0.1) is 17.2 Å². The maximum atomic E-state index is 6.23. The van der Waals surface area contributed by atoms with Crippen LogP contribution in [0.15, 0.2) is 18.2 Å². The van der Waals surface area contributed by atoms with Gasteiger partial charge < -0.3 is 9.47 Å². The highest BCUT2D eigenvalue weighted by molar-refractivity contribution is 6.32. The van der Waals surface area contributed by atoms with E-state index < -0.39 is 0 Å². The molecule has 1 aromatic rings. The minimum Gasteiger partial charge on any atom is -0.489 e. The summed E-state index contributed by atoms with van der Waals surface area (Å²) in [5, 5.41) is 0.646. The molecule has 1 aliphatic heterocycles. The molecule has 1 unspecified atom stereocenters. The number of hydrogen-bond acceptors (Lipinski definition) is 2. The van der Waals surface area contributed by atoms with Crippen LogP contribution in [-0.2, 0) is 10.6 Å². The number of halogens is 2. The summed E-state index contributed by atoms with van der Waals surface area (Å²) < 4.78 is 12.0. The first-order valence-corrected chi connectivity index (χ1v) is 7.77. The summed E-state index contributed by atoms with van der Waals surface area (Å²) in [7, 11) is 0. The Kier molecular flexibility index (Phi) is 3.93. The van der Waals surface area contributed by atoms with Crippen molar-refractivity contribution in [3.63, 3.8) is 0 Å². The summed E-state index contributed by atoms with van der Waals surface area (Å²) in [5.74, 6) is 1.23. The molecule has 2 nitrogen and oxygen atoms in total. The first-order chi connectivity index (χ1) is 9.21. The monoisotopic (exact) mass is 300 g/mol. The molecule has 0 radical (unpaired) electrons. The van der Waals surface area contributed by atoms with Gasteiger partial charge in [0, 0.05) is 18.7 Å². The predicted octanol–water partition coefficient (Wildman–Crippen LogP) is 4.56. The zero-order valence-electron chi connectivity index (χ0n) is 10.8. The Bertz CT molecular complexity index is 457. The lowest BCUT2D eigenvalue weighted by atomic mass is 9.74. The highest BCUT2D eigenvalue weighted by atomic mass is 35.5. The molecule has 1 atom stereocenters. The Hall–Kier alpha value is -0.440. The third-order valence-electron chi connectivity index (χ3n) is 4.16. The fourth-order valence-corrected chi connectivity index (χ4v) is 3.32. The Morgan fingerprint density at radius 2 is 2.21 bits per heavy atom. The van der Waals surface area contributed by atoms with E-state index in [2.05, 4.69) is 0 Å². The van der Waals surface area contributed by atoms with E-state index in [1.165, 1.54) is 19.3 Å². The molecule has 1 saturated carbocycles. The van der Waals surface area contributed by atoms with E-state index in [0.29, 0.717) is 10.9 Å². The van der Waals surface area contributed by atoms with Gasteiger partial charge in [-0.15, -0.1) is 11.6 Å². The van der Waals surface area contributed by atoms with Gasteiger partial charge in [-0.2, -0.15) is 0 Å². The second-order valence-corrected chi connectivity index (χ2v) is 6.19. The Labute approximate surface area is 124 Å². The molecule has 3 rings (SSSR count). The minimum atomic E-state index is 0.103. The van der Waals surface area contributed by atoms with Crippen LogP contribution in [0.2, 0.25) is 5.02 Å². The lowest BCUT2D eigenvalue weighted by Crippen LogP contribution is -2.48. The molecule has 2 aliphatic rings. The fourth-order valence-electron chi connectivity index (χ4n) is 2.91. The van der Waals surface area contributed by atoms with E-state index in [1.54, 1.807) is 0 Å². The third-order valence-corrected chi connectivity index (χ3v) is 4.76. The molecule has 0 bridgehead atoms. The maximum Gasteiger partial charge on any atom is 0.138 e. The number of ether oxygens (including phenoxy) is 2. The lowest BCUT2D eigenvalue weighted by Gasteiger charge is -2.46. The molecule has 19 heavy (non-hydrogen) atoms. The van der Waals surface area contributed by atoms with Crippen molar-refractivity contribution < 1.29 is 9.47 Å². The van der Waals surface area contributed by atoms with Crippen molar-refractivity contribution in [1.29, 1.82) is 0 Å². The van der Waals surface area contributed by atoms with Crippen molar-refractivity contribution in [2.45, 2.75) is 49.7 Å². The summed E-state index contributed by atoms with van der Waals surface area (Å²) in [4.78, 5) is 0. The molecular formula is C15H18Cl2O2. The van der Waals surface area contributed by atoms with Crippen molar-refractivity contribution >= 4 is 23.2 Å². The van der Waals surface area contributed by atoms with Crippen molar-refractivity contribution in [2.24, 2.45) is 0 Å². The first kappa shape index (κ1) is 13.5. The normalized spacial score (nSPS) is 25.1. The predicted molar refractivity (Wildman–Crippen MR) is 77.2 cm³/mol. The van der Waals surface area contributed by atoms with Crippen LogP contribution in [0.3, 0.4) is 0 Å². The number of hydrogen-bond donors (Lipinski definition) is 0. The Morgan fingerprint density at radius 3 is 2.84 bits per heavy atom. The zero-order chi connectivity index (χ0) is 13.3. The topological polar surface area (TPSA) is 18.5 Å². The van der Waals surface area contributed by atoms with Crippen molar-refractivity contribution in [3.05, 3.63) is 28.8 Å². The summed E-state index contributed by atoms with van der Waals surface area (Å²) in [5.41, 5.74) is 1.12. The SMILES string of the molecule is ClCc1ccc(OC2CCOC3(CCC3)C2)c(Cl)c1. The average Bonchev–Trinajstić information content (AvgIpc) is 2.39. The highest BCUT2D eigenvalue weighted by Crippen LogP contribution is 2.43. The lowest BCUT2D eigenvalue weighted by molar-refractivity contribution is -0.153. The maximum absolute atomic E-state index is 6.23. The van der Waals surface area contributed by atoms with E-state index >= 15 is 0 Å². The summed E-state index contributed by atoms with van der Waals surface area (Å²) in [6, 6.07) is 5.76. The fraction of sp³-hybridized carbons (Fsp3) is 0.600. The van der Waals surface area contributed by atoms with Crippen molar-refractivity contribution in [1.82, 2.24) is 0 Å². The van der Waals surface area contributed by atoms with Crippen LogP contribution >= 0.6 is 23.2 Å². The minimum absolute atomic E-state index is 0.103. The summed E-state index contributed by atoms with van der Waals surface area (Å²) >= 11 is 12.0. The molecule has 104 valence electrons. The van der Waals surface area contributed by atoms with Gasteiger partial charge >= 0.3 is 0 Å². The smallest absolute Gasteiger partial charge is 0.138 e. The average molecular weight is 301 g/mol. The standard InChI is InChI=1S/C15H18Cl2O2/c16-10-11-2-3-14(13(17)8-11)19-12-4-7-18-15(9-12)5-1-6-15/h2-3,8,12H,1,4-7,9-10H2. The quantitative estimate of drug-likeness (QED) is 0.762. The largest absolute Gasteiger partial charge is 0.489 e. The summed E-state index contributed by atoms with van der Waals surface area (Å²) in [6.07, 6.45) is 5.76. The van der Waals surface area contributed by atoms with Crippen LogP contribution in [0.1, 0.15) is 37.7 Å². The molecule has 1 spiro atoms. The second kappa shape index (κ2) is 5.51. The van der Waals surface area contributed by atoms with Gasteiger partial charge in [0.1, 0.15) is 11.9 Å². The molecule has 1 heterocycles. The van der Waals surface area contributed by atoms with E-state index in [1.807, 2.05) is 18.2 Å². The summed E-state index contributed by atoms with van der Waals surface area (Å²) in [6.45, 7) is 0.794. The van der Waals surface area contributed by atoms with Crippen molar-refractivity contribution in [2.75, 3.05) is 6.61 Å². The van der Waals surface area contributed by atoms with Crippen LogP contribution in [0.5, 0.6) is 5.75 Å². The molecular weight excluding hydrogens is 283 g/mol. The van der Waals surface area contributed by atoms with E-state index in [9.17, 15) is 0 Å². The van der Waals surface area contributed by atoms with Gasteiger partial charge in [0.25, 0.3) is 0 Å². The van der Waals surface area contributed by atoms with Gasteiger partial charge in [0.2, 0.25) is 0 Å². The number of rotatable bonds is 3. The van der Waals surface area contributed by atoms with Gasteiger partial charge in [-0.25, -0.2) is 0 Å². The molecule has 0 amide bonds. The van der Waals surface area contributed by atoms with Gasteiger partial charge in [-0.1, -0.05) is 17.7 Å². The number of benzene rings is 1. The highest BCUT2D eigenvalue weighted by Gasteiger charge is 2.43. The van der Waals surface area contributed by atoms with Gasteiger partial charge in [0.15, 0.2) is 0 Å². The number of alkyl halides is 1. The second-order valence-electron chi connectivity index (χ2n) is 5.52. The Morgan fingerprint density at radius 1 is 1.37 bits per heavy atom. The molecule has 2 fully saturated rings. The van der Waals surface area contributed by atoms with E-state index in [0.717, 1.165) is 30.8 Å². The molecule has 1 aliphatic carbocycles. The molecule has 1 saturated heterocycles. The van der Waals surface area contributed by atoms with Crippen LogP contribution in [0, 0.1) is 0 Å². The molecule has 4 heteroatoms. The van der Waals surface area contributed by atoms with Crippen LogP contribution < -0.4 is 4.74 Å². The van der Waals surface area contributed by atoms with E-state index in [4.69, 9.17) is 32.7 Å².